The number of aromatic nitrogens is 2. The molecule has 0 saturated heterocycles. The zero-order chi connectivity index (χ0) is 11.4. The summed E-state index contributed by atoms with van der Waals surface area (Å²) in [4.78, 5) is 8.11. The molecule has 16 heavy (non-hydrogen) atoms. The zero-order valence-electron chi connectivity index (χ0n) is 9.06. The van der Waals surface area contributed by atoms with Crippen LogP contribution in [-0.4, -0.2) is 28.2 Å². The summed E-state index contributed by atoms with van der Waals surface area (Å²) in [6, 6.07) is 1.86. The van der Waals surface area contributed by atoms with Gasteiger partial charge in [0.15, 0.2) is 0 Å². The van der Waals surface area contributed by atoms with Gasteiger partial charge >= 0.3 is 0 Å². The van der Waals surface area contributed by atoms with Gasteiger partial charge in [-0.3, -0.25) is 0 Å². The smallest absolute Gasteiger partial charge is 0.130 e. The fraction of sp³-hybridized carbons (Fsp3) is 0.636. The topological polar surface area (TPSA) is 58.0 Å². The molecule has 0 aliphatic heterocycles. The molecule has 1 saturated carbocycles. The van der Waals surface area contributed by atoms with E-state index in [0.717, 1.165) is 23.4 Å². The largest absolute Gasteiger partial charge is 0.396 e. The summed E-state index contributed by atoms with van der Waals surface area (Å²) in [7, 11) is 0. The molecule has 0 radical (unpaired) electrons. The van der Waals surface area contributed by atoms with Crippen LogP contribution in [0.3, 0.4) is 0 Å². The summed E-state index contributed by atoms with van der Waals surface area (Å²) in [6.45, 7) is 1.19. The predicted octanol–water partition coefficient (Wildman–Crippen LogP) is 2.06. The maximum absolute atomic E-state index is 9.22. The molecular formula is C11H16BrN3O. The number of hydrogen-bond donors (Lipinski definition) is 2. The molecule has 1 aromatic rings. The first-order valence-corrected chi connectivity index (χ1v) is 6.41. The summed E-state index contributed by atoms with van der Waals surface area (Å²) >= 11 is 3.31. The van der Waals surface area contributed by atoms with Gasteiger partial charge in [0.2, 0.25) is 0 Å². The third-order valence-corrected chi connectivity index (χ3v) is 3.66. The average molecular weight is 286 g/mol. The van der Waals surface area contributed by atoms with Gasteiger partial charge in [-0.1, -0.05) is 6.42 Å². The van der Waals surface area contributed by atoms with E-state index in [-0.39, 0.29) is 0 Å². The van der Waals surface area contributed by atoms with Crippen LogP contribution in [0.4, 0.5) is 5.82 Å². The lowest BCUT2D eigenvalue weighted by Crippen LogP contribution is -2.21. The second-order valence-corrected chi connectivity index (χ2v) is 5.05. The molecule has 1 aliphatic rings. The molecule has 5 heteroatoms. The third kappa shape index (κ3) is 2.92. The number of halogens is 1. The summed E-state index contributed by atoms with van der Waals surface area (Å²) in [5.41, 5.74) is 0. The summed E-state index contributed by atoms with van der Waals surface area (Å²) < 4.78 is 0.787. The van der Waals surface area contributed by atoms with Gasteiger partial charge in [0.05, 0.1) is 0 Å². The normalized spacial score (nSPS) is 24.6. The van der Waals surface area contributed by atoms with Crippen molar-refractivity contribution in [2.75, 3.05) is 18.5 Å². The minimum atomic E-state index is 0.305. The van der Waals surface area contributed by atoms with Crippen molar-refractivity contribution in [3.8, 4) is 0 Å². The second-order valence-electron chi connectivity index (χ2n) is 4.24. The van der Waals surface area contributed by atoms with Crippen molar-refractivity contribution in [3.05, 3.63) is 17.0 Å². The van der Waals surface area contributed by atoms with E-state index in [4.69, 9.17) is 0 Å². The molecule has 0 aromatic carbocycles. The third-order valence-electron chi connectivity index (χ3n) is 3.23. The van der Waals surface area contributed by atoms with Crippen molar-refractivity contribution in [2.24, 2.45) is 11.8 Å². The summed E-state index contributed by atoms with van der Waals surface area (Å²) in [5, 5.41) is 12.5. The SMILES string of the molecule is OCC1CCCC1CNc1cc(Br)ncn1. The Hall–Kier alpha value is -0.680. The molecule has 1 aliphatic carbocycles. The molecule has 0 amide bonds. The molecule has 2 rings (SSSR count). The fourth-order valence-electron chi connectivity index (χ4n) is 2.29. The van der Waals surface area contributed by atoms with Crippen LogP contribution in [0.25, 0.3) is 0 Å². The first kappa shape index (κ1) is 11.8. The van der Waals surface area contributed by atoms with Crippen molar-refractivity contribution < 1.29 is 5.11 Å². The van der Waals surface area contributed by atoms with Gasteiger partial charge in [-0.15, -0.1) is 0 Å². The van der Waals surface area contributed by atoms with E-state index < -0.39 is 0 Å². The number of nitrogens with zero attached hydrogens (tertiary/aromatic N) is 2. The van der Waals surface area contributed by atoms with E-state index in [0.29, 0.717) is 18.4 Å². The molecule has 0 spiro atoms. The number of aliphatic hydroxyl groups is 1. The minimum Gasteiger partial charge on any atom is -0.396 e. The molecule has 1 fully saturated rings. The number of nitrogens with one attached hydrogen (secondary N) is 1. The molecule has 2 unspecified atom stereocenters. The molecule has 2 N–H and O–H groups in total. The Morgan fingerprint density at radius 3 is 2.94 bits per heavy atom. The van der Waals surface area contributed by atoms with Crippen molar-refractivity contribution in [1.29, 1.82) is 0 Å². The highest BCUT2D eigenvalue weighted by molar-refractivity contribution is 9.10. The molecule has 88 valence electrons. The second kappa shape index (κ2) is 5.59. The van der Waals surface area contributed by atoms with E-state index in [1.54, 1.807) is 0 Å². The van der Waals surface area contributed by atoms with E-state index in [2.05, 4.69) is 31.2 Å². The van der Waals surface area contributed by atoms with Gasteiger partial charge in [-0.25, -0.2) is 9.97 Å². The Morgan fingerprint density at radius 1 is 1.38 bits per heavy atom. The lowest BCUT2D eigenvalue weighted by atomic mass is 9.97. The van der Waals surface area contributed by atoms with E-state index in [9.17, 15) is 5.11 Å². The molecule has 2 atom stereocenters. The van der Waals surface area contributed by atoms with Crippen LogP contribution in [0.15, 0.2) is 17.0 Å². The van der Waals surface area contributed by atoms with Gasteiger partial charge in [0.25, 0.3) is 0 Å². The Morgan fingerprint density at radius 2 is 2.19 bits per heavy atom. The number of aliphatic hydroxyl groups excluding tert-OH is 1. The van der Waals surface area contributed by atoms with E-state index in [1.165, 1.54) is 19.2 Å². The maximum atomic E-state index is 9.22. The molecular weight excluding hydrogens is 270 g/mol. The molecule has 0 bridgehead atoms. The Bertz CT molecular complexity index is 348. The van der Waals surface area contributed by atoms with Crippen LogP contribution < -0.4 is 5.32 Å². The monoisotopic (exact) mass is 285 g/mol. The highest BCUT2D eigenvalue weighted by atomic mass is 79.9. The minimum absolute atomic E-state index is 0.305. The van der Waals surface area contributed by atoms with Crippen LogP contribution in [0.1, 0.15) is 19.3 Å². The van der Waals surface area contributed by atoms with Crippen LogP contribution in [-0.2, 0) is 0 Å². The lowest BCUT2D eigenvalue weighted by Gasteiger charge is -2.17. The molecule has 1 heterocycles. The predicted molar refractivity (Wildman–Crippen MR) is 66.1 cm³/mol. The molecule has 4 nitrogen and oxygen atoms in total. The van der Waals surface area contributed by atoms with Crippen molar-refractivity contribution in [1.82, 2.24) is 9.97 Å². The standard InChI is InChI=1S/C11H16BrN3O/c12-10-4-11(15-7-14-10)13-5-8-2-1-3-9(8)6-16/h4,7-9,16H,1-3,5-6H2,(H,13,14,15). The van der Waals surface area contributed by atoms with E-state index >= 15 is 0 Å². The quantitative estimate of drug-likeness (QED) is 0.832. The van der Waals surface area contributed by atoms with Gasteiger partial charge in [-0.2, -0.15) is 0 Å². The van der Waals surface area contributed by atoms with Crippen LogP contribution >= 0.6 is 15.9 Å². The van der Waals surface area contributed by atoms with Gasteiger partial charge in [0.1, 0.15) is 16.7 Å². The van der Waals surface area contributed by atoms with Crippen molar-refractivity contribution in [3.63, 3.8) is 0 Å². The Balaban J connectivity index is 1.87. The Labute approximate surface area is 104 Å². The lowest BCUT2D eigenvalue weighted by molar-refractivity contribution is 0.199. The highest BCUT2D eigenvalue weighted by Gasteiger charge is 2.26. The van der Waals surface area contributed by atoms with Crippen molar-refractivity contribution >= 4 is 21.7 Å². The van der Waals surface area contributed by atoms with E-state index in [1.807, 2.05) is 6.07 Å². The van der Waals surface area contributed by atoms with Gasteiger partial charge in [0, 0.05) is 19.2 Å². The van der Waals surface area contributed by atoms with Gasteiger partial charge < -0.3 is 10.4 Å². The number of hydrogen-bond acceptors (Lipinski definition) is 4. The maximum Gasteiger partial charge on any atom is 0.130 e. The highest BCUT2D eigenvalue weighted by Crippen LogP contribution is 2.31. The van der Waals surface area contributed by atoms with Crippen LogP contribution in [0.2, 0.25) is 0 Å². The van der Waals surface area contributed by atoms with Crippen LogP contribution in [0.5, 0.6) is 0 Å². The van der Waals surface area contributed by atoms with Gasteiger partial charge in [-0.05, 0) is 40.6 Å². The Kier molecular flexibility index (Phi) is 4.12. The number of rotatable bonds is 4. The fourth-order valence-corrected chi connectivity index (χ4v) is 2.60. The summed E-state index contributed by atoms with van der Waals surface area (Å²) in [6.07, 6.45) is 5.11. The first-order chi connectivity index (χ1) is 7.79. The summed E-state index contributed by atoms with van der Waals surface area (Å²) in [5.74, 6) is 1.86. The molecule has 1 aromatic heterocycles. The van der Waals surface area contributed by atoms with Crippen LogP contribution in [0, 0.1) is 11.8 Å². The number of anilines is 1. The van der Waals surface area contributed by atoms with Crippen molar-refractivity contribution in [2.45, 2.75) is 19.3 Å². The zero-order valence-corrected chi connectivity index (χ0v) is 10.7. The first-order valence-electron chi connectivity index (χ1n) is 5.62. The average Bonchev–Trinajstić information content (AvgIpc) is 2.74.